The Balaban J connectivity index is 1.40. The van der Waals surface area contributed by atoms with Crippen LogP contribution in [0.5, 0.6) is 0 Å². The molecule has 0 radical (unpaired) electrons. The molecule has 4 rings (SSSR count). The molecule has 26 heavy (non-hydrogen) atoms. The monoisotopic (exact) mass is 356 g/mol. The fraction of sp³-hybridized carbons (Fsp3) is 0.600. The van der Waals surface area contributed by atoms with E-state index in [1.54, 1.807) is 0 Å². The van der Waals surface area contributed by atoms with E-state index < -0.39 is 0 Å². The molecule has 3 N–H and O–H groups in total. The first-order chi connectivity index (χ1) is 12.6. The minimum Gasteiger partial charge on any atom is -0.376 e. The Labute approximate surface area is 153 Å². The summed E-state index contributed by atoms with van der Waals surface area (Å²) in [6, 6.07) is 3.90. The molecule has 140 valence electrons. The quantitative estimate of drug-likeness (QED) is 0.881. The summed E-state index contributed by atoms with van der Waals surface area (Å²) in [7, 11) is 0. The molecule has 2 aromatic rings. The second-order valence-corrected chi connectivity index (χ2v) is 7.79. The molecule has 2 aliphatic rings. The molecule has 2 unspecified atom stereocenters. The Morgan fingerprint density at radius 2 is 2.08 bits per heavy atom. The van der Waals surface area contributed by atoms with Crippen molar-refractivity contribution in [3.8, 4) is 0 Å². The van der Waals surface area contributed by atoms with E-state index in [2.05, 4.69) is 16.3 Å². The van der Waals surface area contributed by atoms with Crippen molar-refractivity contribution in [2.45, 2.75) is 69.6 Å². The average Bonchev–Trinajstić information content (AvgIpc) is 3.19. The maximum atomic E-state index is 12.6. The fourth-order valence-electron chi connectivity index (χ4n) is 4.44. The van der Waals surface area contributed by atoms with Crippen molar-refractivity contribution in [1.82, 2.24) is 14.8 Å². The number of nitrogens with zero attached hydrogens (tertiary/aromatic N) is 2. The van der Waals surface area contributed by atoms with Gasteiger partial charge in [0, 0.05) is 23.5 Å². The summed E-state index contributed by atoms with van der Waals surface area (Å²) in [5.74, 6) is 0.580. The largest absolute Gasteiger partial charge is 0.376 e. The Kier molecular flexibility index (Phi) is 4.96. The number of hydrogen-bond donors (Lipinski definition) is 2. The van der Waals surface area contributed by atoms with Gasteiger partial charge in [-0.15, -0.1) is 0 Å². The van der Waals surface area contributed by atoms with Gasteiger partial charge in [-0.2, -0.15) is 5.10 Å². The van der Waals surface area contributed by atoms with Gasteiger partial charge in [0.05, 0.1) is 24.9 Å². The molecular weight excluding hydrogens is 328 g/mol. The second-order valence-electron chi connectivity index (χ2n) is 7.79. The molecule has 1 saturated carbocycles. The highest BCUT2D eigenvalue weighted by Crippen LogP contribution is 2.34. The van der Waals surface area contributed by atoms with E-state index in [-0.39, 0.29) is 23.7 Å². The van der Waals surface area contributed by atoms with Gasteiger partial charge in [-0.1, -0.05) is 6.07 Å². The highest BCUT2D eigenvalue weighted by molar-refractivity contribution is 5.18. The van der Waals surface area contributed by atoms with Crippen LogP contribution in [0.2, 0.25) is 0 Å². The number of nitrogens with two attached hydrogens (primary N) is 1. The number of ether oxygens (including phenoxy) is 1. The number of pyridine rings is 1. The van der Waals surface area contributed by atoms with Crippen LogP contribution in [0.3, 0.4) is 0 Å². The smallest absolute Gasteiger partial charge is 0.254 e. The van der Waals surface area contributed by atoms with Gasteiger partial charge in [0.15, 0.2) is 0 Å². The molecule has 6 nitrogen and oxygen atoms in total. The predicted molar refractivity (Wildman–Crippen MR) is 100 cm³/mol. The summed E-state index contributed by atoms with van der Waals surface area (Å²) in [6.07, 6.45) is 10.3. The van der Waals surface area contributed by atoms with Crippen molar-refractivity contribution in [1.29, 1.82) is 0 Å². The third kappa shape index (κ3) is 3.35. The summed E-state index contributed by atoms with van der Waals surface area (Å²) in [6.45, 7) is 2.39. The van der Waals surface area contributed by atoms with Crippen LogP contribution in [0.25, 0.3) is 0 Å². The zero-order valence-electron chi connectivity index (χ0n) is 15.4. The van der Waals surface area contributed by atoms with Crippen LogP contribution in [-0.2, 0) is 11.2 Å². The van der Waals surface area contributed by atoms with Gasteiger partial charge < -0.3 is 15.0 Å². The lowest BCUT2D eigenvalue weighted by Crippen LogP contribution is -2.46. The first-order valence-corrected chi connectivity index (χ1v) is 9.70. The number of aryl methyl sites for hydroxylation is 2. The SMILES string of the molecule is Cc1ccc2n(c1=O)C(COC1CCC(c3cn[nH]c3)CC1)C(N)CC2. The van der Waals surface area contributed by atoms with E-state index >= 15 is 0 Å². The van der Waals surface area contributed by atoms with Crippen molar-refractivity contribution >= 4 is 0 Å². The minimum absolute atomic E-state index is 0.0238. The summed E-state index contributed by atoms with van der Waals surface area (Å²) < 4.78 is 8.14. The Bertz CT molecular complexity index is 791. The summed E-state index contributed by atoms with van der Waals surface area (Å²) in [4.78, 5) is 12.6. The highest BCUT2D eigenvalue weighted by atomic mass is 16.5. The molecule has 1 fully saturated rings. The standard InChI is InChI=1S/C20H28N4O2/c1-13-2-5-16-6-9-18(21)19(24(16)20(13)25)12-26-17-7-3-14(4-8-17)15-10-22-23-11-15/h2,5,10-11,14,17-19H,3-4,6-9,12,21H2,1H3,(H,22,23). The summed E-state index contributed by atoms with van der Waals surface area (Å²) in [5, 5.41) is 6.96. The van der Waals surface area contributed by atoms with Crippen LogP contribution in [0, 0.1) is 6.92 Å². The van der Waals surface area contributed by atoms with E-state index in [1.165, 1.54) is 5.56 Å². The normalized spacial score (nSPS) is 28.7. The topological polar surface area (TPSA) is 85.9 Å². The molecule has 3 heterocycles. The fourth-order valence-corrected chi connectivity index (χ4v) is 4.44. The van der Waals surface area contributed by atoms with Crippen LogP contribution >= 0.6 is 0 Å². The number of hydrogen-bond acceptors (Lipinski definition) is 4. The van der Waals surface area contributed by atoms with Gasteiger partial charge in [-0.3, -0.25) is 9.89 Å². The van der Waals surface area contributed by atoms with E-state index in [4.69, 9.17) is 10.5 Å². The minimum atomic E-state index is -0.0576. The highest BCUT2D eigenvalue weighted by Gasteiger charge is 2.30. The van der Waals surface area contributed by atoms with E-state index in [0.29, 0.717) is 12.5 Å². The van der Waals surface area contributed by atoms with Crippen molar-refractivity contribution in [2.24, 2.45) is 5.73 Å². The van der Waals surface area contributed by atoms with Crippen LogP contribution in [0.1, 0.15) is 60.9 Å². The molecule has 2 atom stereocenters. The molecule has 6 heteroatoms. The lowest BCUT2D eigenvalue weighted by molar-refractivity contribution is -0.000576. The van der Waals surface area contributed by atoms with Crippen LogP contribution in [0.15, 0.2) is 29.3 Å². The van der Waals surface area contributed by atoms with Crippen molar-refractivity contribution < 1.29 is 4.74 Å². The van der Waals surface area contributed by atoms with E-state index in [0.717, 1.165) is 49.8 Å². The molecule has 0 amide bonds. The van der Waals surface area contributed by atoms with Gasteiger partial charge in [0.2, 0.25) is 0 Å². The molecule has 2 aromatic heterocycles. The molecule has 1 aliphatic carbocycles. The zero-order chi connectivity index (χ0) is 18.1. The van der Waals surface area contributed by atoms with E-state index in [1.807, 2.05) is 30.0 Å². The van der Waals surface area contributed by atoms with Crippen LogP contribution in [-0.4, -0.2) is 33.5 Å². The molecule has 0 spiro atoms. The van der Waals surface area contributed by atoms with Gasteiger partial charge >= 0.3 is 0 Å². The Hall–Kier alpha value is -1.92. The zero-order valence-corrected chi connectivity index (χ0v) is 15.4. The van der Waals surface area contributed by atoms with Crippen molar-refractivity contribution in [2.75, 3.05) is 6.61 Å². The number of aromatic nitrogens is 3. The number of H-pyrrole nitrogens is 1. The number of rotatable bonds is 4. The first kappa shape index (κ1) is 17.5. The third-order valence-corrected chi connectivity index (χ3v) is 6.12. The summed E-state index contributed by atoms with van der Waals surface area (Å²) >= 11 is 0. The molecular formula is C20H28N4O2. The number of aromatic amines is 1. The van der Waals surface area contributed by atoms with Gasteiger partial charge in [0.25, 0.3) is 5.56 Å². The van der Waals surface area contributed by atoms with Gasteiger partial charge in [-0.05, 0) is 63.0 Å². The van der Waals surface area contributed by atoms with Crippen LogP contribution in [0.4, 0.5) is 0 Å². The lowest BCUT2D eigenvalue weighted by Gasteiger charge is -2.35. The van der Waals surface area contributed by atoms with Crippen molar-refractivity contribution in [3.05, 3.63) is 51.7 Å². The molecule has 1 aliphatic heterocycles. The number of nitrogens with one attached hydrogen (secondary N) is 1. The van der Waals surface area contributed by atoms with Crippen LogP contribution < -0.4 is 11.3 Å². The first-order valence-electron chi connectivity index (χ1n) is 9.70. The number of fused-ring (bicyclic) bond motifs is 1. The predicted octanol–water partition coefficient (Wildman–Crippen LogP) is 2.44. The van der Waals surface area contributed by atoms with Gasteiger partial charge in [0.1, 0.15) is 0 Å². The molecule has 0 bridgehead atoms. The maximum Gasteiger partial charge on any atom is 0.254 e. The Morgan fingerprint density at radius 1 is 1.27 bits per heavy atom. The Morgan fingerprint density at radius 3 is 2.81 bits per heavy atom. The second kappa shape index (κ2) is 7.37. The maximum absolute atomic E-state index is 12.6. The molecule has 0 aromatic carbocycles. The van der Waals surface area contributed by atoms with Gasteiger partial charge in [-0.25, -0.2) is 0 Å². The van der Waals surface area contributed by atoms with E-state index in [9.17, 15) is 4.79 Å². The van der Waals surface area contributed by atoms with Crippen molar-refractivity contribution in [3.63, 3.8) is 0 Å². The third-order valence-electron chi connectivity index (χ3n) is 6.12. The summed E-state index contributed by atoms with van der Waals surface area (Å²) in [5.41, 5.74) is 9.60. The lowest BCUT2D eigenvalue weighted by atomic mass is 9.84. The average molecular weight is 356 g/mol. The molecule has 0 saturated heterocycles.